The Morgan fingerprint density at radius 1 is 1.27 bits per heavy atom. The molecule has 0 fully saturated rings. The maximum absolute atomic E-state index is 12.8. The molecule has 6 nitrogen and oxygen atoms in total. The van der Waals surface area contributed by atoms with Gasteiger partial charge in [-0.3, -0.25) is 9.59 Å². The lowest BCUT2D eigenvalue weighted by molar-refractivity contribution is -0.129. The van der Waals surface area contributed by atoms with E-state index in [0.29, 0.717) is 23.6 Å². The summed E-state index contributed by atoms with van der Waals surface area (Å²) in [5.74, 6) is -0.687. The number of aliphatic hydroxyl groups excluding tert-OH is 1. The minimum absolute atomic E-state index is 0.0775. The molecule has 0 saturated heterocycles. The minimum atomic E-state index is -0.719. The molecular formula is C23H21ClN2O4. The van der Waals surface area contributed by atoms with E-state index in [4.69, 9.17) is 16.3 Å². The van der Waals surface area contributed by atoms with Gasteiger partial charge in [0.15, 0.2) is 11.5 Å². The van der Waals surface area contributed by atoms with Crippen molar-refractivity contribution in [2.75, 3.05) is 13.7 Å². The van der Waals surface area contributed by atoms with Crippen LogP contribution in [0.15, 0.2) is 60.0 Å². The Labute approximate surface area is 178 Å². The molecule has 0 aliphatic carbocycles. The lowest BCUT2D eigenvalue weighted by atomic mass is 9.96. The molecule has 1 amide bonds. The number of Topliss-reactive ketones (excluding diaryl/α,β-unsaturated/α-hetero) is 1. The third kappa shape index (κ3) is 3.33. The lowest BCUT2D eigenvalue weighted by Crippen LogP contribution is -2.33. The first kappa shape index (κ1) is 20.0. The van der Waals surface area contributed by atoms with Gasteiger partial charge < -0.3 is 19.7 Å². The van der Waals surface area contributed by atoms with Crippen LogP contribution in [0.5, 0.6) is 5.75 Å². The van der Waals surface area contributed by atoms with Crippen LogP contribution in [0, 0.1) is 0 Å². The quantitative estimate of drug-likeness (QED) is 0.616. The van der Waals surface area contributed by atoms with Gasteiger partial charge in [0.2, 0.25) is 0 Å². The molecule has 154 valence electrons. The van der Waals surface area contributed by atoms with Crippen molar-refractivity contribution in [1.29, 1.82) is 0 Å². The summed E-state index contributed by atoms with van der Waals surface area (Å²) in [6, 6.07) is 12.1. The number of nitrogens with one attached hydrogen (secondary N) is 1. The van der Waals surface area contributed by atoms with Crippen molar-refractivity contribution >= 4 is 34.2 Å². The number of ether oxygens (including phenoxy) is 1. The topological polar surface area (TPSA) is 82.6 Å². The van der Waals surface area contributed by atoms with Crippen LogP contribution in [0.3, 0.4) is 0 Å². The highest BCUT2D eigenvalue weighted by Gasteiger charge is 2.42. The van der Waals surface area contributed by atoms with E-state index in [0.717, 1.165) is 22.2 Å². The van der Waals surface area contributed by atoms with Crippen molar-refractivity contribution in [1.82, 2.24) is 9.88 Å². The highest BCUT2D eigenvalue weighted by Crippen LogP contribution is 2.40. The van der Waals surface area contributed by atoms with Crippen molar-refractivity contribution in [2.24, 2.45) is 0 Å². The summed E-state index contributed by atoms with van der Waals surface area (Å²) in [6.07, 6.45) is 2.42. The number of amides is 1. The SMILES string of the molecule is COc1ccc2[nH]cc(CCN3C(=O)C(O)=C(C(C)=O)C3c3ccccc3Cl)c2c1. The third-order valence-electron chi connectivity index (χ3n) is 5.48. The van der Waals surface area contributed by atoms with Gasteiger partial charge in [0.25, 0.3) is 5.91 Å². The van der Waals surface area contributed by atoms with Gasteiger partial charge in [0.1, 0.15) is 5.75 Å². The highest BCUT2D eigenvalue weighted by molar-refractivity contribution is 6.31. The number of carbonyl (C=O) groups excluding carboxylic acids is 2. The molecule has 1 unspecified atom stereocenters. The number of hydrogen-bond donors (Lipinski definition) is 2. The summed E-state index contributed by atoms with van der Waals surface area (Å²) in [5.41, 5.74) is 2.66. The molecule has 1 aromatic heterocycles. The fourth-order valence-corrected chi connectivity index (χ4v) is 4.24. The summed E-state index contributed by atoms with van der Waals surface area (Å²) in [5, 5.41) is 11.9. The van der Waals surface area contributed by atoms with Crippen molar-refractivity contribution in [3.63, 3.8) is 0 Å². The fourth-order valence-electron chi connectivity index (χ4n) is 4.00. The van der Waals surface area contributed by atoms with E-state index in [1.54, 1.807) is 31.4 Å². The maximum atomic E-state index is 12.8. The number of methoxy groups -OCH3 is 1. The maximum Gasteiger partial charge on any atom is 0.290 e. The van der Waals surface area contributed by atoms with Gasteiger partial charge in [-0.15, -0.1) is 0 Å². The normalized spacial score (nSPS) is 16.6. The van der Waals surface area contributed by atoms with Crippen LogP contribution in [0.25, 0.3) is 10.9 Å². The molecule has 4 rings (SSSR count). The fraction of sp³-hybridized carbons (Fsp3) is 0.217. The monoisotopic (exact) mass is 424 g/mol. The summed E-state index contributed by atoms with van der Waals surface area (Å²) < 4.78 is 5.31. The number of aliphatic hydroxyl groups is 1. The number of nitrogens with zero attached hydrogens (tertiary/aromatic N) is 1. The predicted molar refractivity (Wildman–Crippen MR) is 115 cm³/mol. The molecule has 3 aromatic rings. The molecule has 1 aliphatic heterocycles. The van der Waals surface area contributed by atoms with Crippen LogP contribution in [0.2, 0.25) is 5.02 Å². The van der Waals surface area contributed by atoms with Crippen LogP contribution >= 0.6 is 11.6 Å². The number of benzene rings is 2. The lowest BCUT2D eigenvalue weighted by Gasteiger charge is -2.27. The van der Waals surface area contributed by atoms with Crippen LogP contribution in [-0.2, 0) is 16.0 Å². The van der Waals surface area contributed by atoms with E-state index < -0.39 is 17.7 Å². The Balaban J connectivity index is 1.68. The molecule has 0 radical (unpaired) electrons. The Hall–Kier alpha value is -3.25. The predicted octanol–water partition coefficient (Wildman–Crippen LogP) is 4.36. The van der Waals surface area contributed by atoms with Crippen molar-refractivity contribution < 1.29 is 19.4 Å². The van der Waals surface area contributed by atoms with E-state index in [-0.39, 0.29) is 11.4 Å². The molecule has 1 aliphatic rings. The molecule has 7 heteroatoms. The van der Waals surface area contributed by atoms with Gasteiger partial charge in [-0.2, -0.15) is 0 Å². The number of hydrogen-bond acceptors (Lipinski definition) is 4. The summed E-state index contributed by atoms with van der Waals surface area (Å²) in [4.78, 5) is 29.8. The first-order chi connectivity index (χ1) is 14.4. The second-order valence-electron chi connectivity index (χ2n) is 7.22. The molecule has 0 spiro atoms. The molecule has 1 atom stereocenters. The minimum Gasteiger partial charge on any atom is -0.503 e. The molecule has 30 heavy (non-hydrogen) atoms. The standard InChI is InChI=1S/C23H21ClN2O4/c1-13(27)20-21(16-5-3-4-6-18(16)24)26(23(29)22(20)28)10-9-14-12-25-19-8-7-15(30-2)11-17(14)19/h3-8,11-12,21,25,28H,9-10H2,1-2H3. The zero-order valence-electron chi connectivity index (χ0n) is 16.6. The number of halogens is 1. The van der Waals surface area contributed by atoms with Gasteiger partial charge >= 0.3 is 0 Å². The van der Waals surface area contributed by atoms with E-state index >= 15 is 0 Å². The zero-order chi connectivity index (χ0) is 21.4. The number of ketones is 1. The second kappa shape index (κ2) is 7.88. The number of carbonyl (C=O) groups is 2. The smallest absolute Gasteiger partial charge is 0.290 e. The van der Waals surface area contributed by atoms with Gasteiger partial charge in [0, 0.05) is 28.7 Å². The number of rotatable bonds is 6. The van der Waals surface area contributed by atoms with Crippen LogP contribution < -0.4 is 4.74 Å². The number of aromatic nitrogens is 1. The average molecular weight is 425 g/mol. The Kier molecular flexibility index (Phi) is 5.26. The molecular weight excluding hydrogens is 404 g/mol. The number of fused-ring (bicyclic) bond motifs is 1. The highest BCUT2D eigenvalue weighted by atomic mass is 35.5. The molecule has 2 aromatic carbocycles. The molecule has 2 N–H and O–H groups in total. The van der Waals surface area contributed by atoms with Gasteiger partial charge in [-0.1, -0.05) is 29.8 Å². The van der Waals surface area contributed by atoms with Crippen LogP contribution in [0.1, 0.15) is 24.1 Å². The first-order valence-electron chi connectivity index (χ1n) is 9.55. The Morgan fingerprint density at radius 3 is 2.73 bits per heavy atom. The molecule has 0 saturated carbocycles. The zero-order valence-corrected chi connectivity index (χ0v) is 17.4. The largest absolute Gasteiger partial charge is 0.503 e. The Bertz CT molecular complexity index is 1180. The van der Waals surface area contributed by atoms with Gasteiger partial charge in [0.05, 0.1) is 18.7 Å². The number of aromatic amines is 1. The second-order valence-corrected chi connectivity index (χ2v) is 7.62. The van der Waals surface area contributed by atoms with E-state index in [1.807, 2.05) is 24.4 Å². The van der Waals surface area contributed by atoms with Gasteiger partial charge in [-0.25, -0.2) is 0 Å². The van der Waals surface area contributed by atoms with Crippen LogP contribution in [-0.4, -0.2) is 40.3 Å². The summed E-state index contributed by atoms with van der Waals surface area (Å²) in [7, 11) is 1.61. The first-order valence-corrected chi connectivity index (χ1v) is 9.93. The van der Waals surface area contributed by atoms with E-state index in [2.05, 4.69) is 4.98 Å². The number of H-pyrrole nitrogens is 1. The van der Waals surface area contributed by atoms with Crippen molar-refractivity contribution in [3.05, 3.63) is 76.1 Å². The summed E-state index contributed by atoms with van der Waals surface area (Å²) >= 11 is 6.37. The van der Waals surface area contributed by atoms with E-state index in [9.17, 15) is 14.7 Å². The van der Waals surface area contributed by atoms with E-state index in [1.165, 1.54) is 11.8 Å². The summed E-state index contributed by atoms with van der Waals surface area (Å²) in [6.45, 7) is 1.65. The Morgan fingerprint density at radius 2 is 2.03 bits per heavy atom. The molecule has 2 heterocycles. The molecule has 0 bridgehead atoms. The van der Waals surface area contributed by atoms with Crippen molar-refractivity contribution in [3.8, 4) is 5.75 Å². The average Bonchev–Trinajstić information content (AvgIpc) is 3.25. The van der Waals surface area contributed by atoms with Crippen molar-refractivity contribution in [2.45, 2.75) is 19.4 Å². The van der Waals surface area contributed by atoms with Gasteiger partial charge in [-0.05, 0) is 48.7 Å². The third-order valence-corrected chi connectivity index (χ3v) is 5.82. The van der Waals surface area contributed by atoms with Crippen LogP contribution in [0.4, 0.5) is 0 Å².